The van der Waals surface area contributed by atoms with Gasteiger partial charge in [0, 0.05) is 44.6 Å². The predicted molar refractivity (Wildman–Crippen MR) is 78.5 cm³/mol. The molecule has 0 N–H and O–H groups in total. The number of hydrogen-bond donors (Lipinski definition) is 0. The van der Waals surface area contributed by atoms with Crippen LogP contribution in [0.1, 0.15) is 5.56 Å². The molecule has 1 aliphatic heterocycles. The maximum Gasteiger partial charge on any atom is 0.118 e. The first-order valence-electron chi connectivity index (χ1n) is 6.45. The average molecular weight is 313 g/mol. The van der Waals surface area contributed by atoms with Gasteiger partial charge in [0.15, 0.2) is 0 Å². The minimum Gasteiger partial charge on any atom is -0.497 e. The zero-order valence-corrected chi connectivity index (χ0v) is 12.5. The first-order valence-corrected chi connectivity index (χ1v) is 7.57. The van der Waals surface area contributed by atoms with Crippen LogP contribution in [-0.2, 0) is 6.54 Å². The van der Waals surface area contributed by atoms with E-state index in [-0.39, 0.29) is 0 Å². The highest BCUT2D eigenvalue weighted by Gasteiger charge is 2.15. The van der Waals surface area contributed by atoms with Gasteiger partial charge in [0.2, 0.25) is 0 Å². The summed E-state index contributed by atoms with van der Waals surface area (Å²) in [5.41, 5.74) is 1.37. The molecule has 18 heavy (non-hydrogen) atoms. The molecule has 0 radical (unpaired) electrons. The van der Waals surface area contributed by atoms with Crippen molar-refractivity contribution in [3.05, 3.63) is 29.8 Å². The van der Waals surface area contributed by atoms with E-state index in [1.165, 1.54) is 31.7 Å². The number of piperazine rings is 1. The first-order chi connectivity index (χ1) is 8.81. The van der Waals surface area contributed by atoms with E-state index < -0.39 is 0 Å². The van der Waals surface area contributed by atoms with E-state index in [1.807, 2.05) is 12.1 Å². The molecule has 0 bridgehead atoms. The topological polar surface area (TPSA) is 15.7 Å². The molecule has 0 unspecified atom stereocenters. The second-order valence-electron chi connectivity index (χ2n) is 4.65. The van der Waals surface area contributed by atoms with Crippen molar-refractivity contribution < 1.29 is 4.74 Å². The fourth-order valence-corrected chi connectivity index (χ4v) is 2.78. The Balaban J connectivity index is 1.80. The molecule has 0 amide bonds. The van der Waals surface area contributed by atoms with Crippen LogP contribution in [0.3, 0.4) is 0 Å². The summed E-state index contributed by atoms with van der Waals surface area (Å²) in [5.74, 6) is 0.931. The lowest BCUT2D eigenvalue weighted by atomic mass is 10.2. The molecule has 1 aliphatic rings. The predicted octanol–water partition coefficient (Wildman–Crippen LogP) is 2.21. The lowest BCUT2D eigenvalue weighted by Gasteiger charge is -2.34. The minimum atomic E-state index is 0.931. The van der Waals surface area contributed by atoms with Crippen molar-refractivity contribution in [3.8, 4) is 5.75 Å². The maximum atomic E-state index is 5.18. The SMILES string of the molecule is COc1ccc(CN2CCN(CCBr)CC2)cc1. The third-order valence-corrected chi connectivity index (χ3v) is 3.79. The monoisotopic (exact) mass is 312 g/mol. The van der Waals surface area contributed by atoms with Gasteiger partial charge < -0.3 is 4.74 Å². The smallest absolute Gasteiger partial charge is 0.118 e. The van der Waals surface area contributed by atoms with Crippen molar-refractivity contribution >= 4 is 15.9 Å². The Hall–Kier alpha value is -0.580. The van der Waals surface area contributed by atoms with Gasteiger partial charge >= 0.3 is 0 Å². The van der Waals surface area contributed by atoms with E-state index in [2.05, 4.69) is 37.9 Å². The molecule has 1 aromatic carbocycles. The van der Waals surface area contributed by atoms with Crippen LogP contribution in [0, 0.1) is 0 Å². The Bertz CT molecular complexity index is 347. The molecule has 3 nitrogen and oxygen atoms in total. The Labute approximate surface area is 118 Å². The fourth-order valence-electron chi connectivity index (χ4n) is 2.28. The molecule has 2 rings (SSSR count). The van der Waals surface area contributed by atoms with Crippen LogP contribution in [0.15, 0.2) is 24.3 Å². The number of rotatable bonds is 5. The Morgan fingerprint density at radius 1 is 1.06 bits per heavy atom. The van der Waals surface area contributed by atoms with Crippen LogP contribution in [-0.4, -0.2) is 55.0 Å². The summed E-state index contributed by atoms with van der Waals surface area (Å²) in [5, 5.41) is 1.07. The van der Waals surface area contributed by atoms with Gasteiger partial charge in [-0.3, -0.25) is 9.80 Å². The lowest BCUT2D eigenvalue weighted by Crippen LogP contribution is -2.46. The zero-order chi connectivity index (χ0) is 12.8. The second kappa shape index (κ2) is 7.12. The summed E-state index contributed by atoms with van der Waals surface area (Å²) in [6.07, 6.45) is 0. The first kappa shape index (κ1) is 13.8. The molecule has 1 aromatic rings. The van der Waals surface area contributed by atoms with E-state index in [0.29, 0.717) is 0 Å². The summed E-state index contributed by atoms with van der Waals surface area (Å²) in [7, 11) is 1.71. The average Bonchev–Trinajstić information content (AvgIpc) is 2.42. The molecule has 4 heteroatoms. The van der Waals surface area contributed by atoms with Crippen molar-refractivity contribution in [1.82, 2.24) is 9.80 Å². The van der Waals surface area contributed by atoms with Crippen molar-refractivity contribution in [1.29, 1.82) is 0 Å². The van der Waals surface area contributed by atoms with Crippen LogP contribution >= 0.6 is 15.9 Å². The molecular formula is C14H21BrN2O. The number of ether oxygens (including phenoxy) is 1. The van der Waals surface area contributed by atoms with E-state index >= 15 is 0 Å². The van der Waals surface area contributed by atoms with Crippen molar-refractivity contribution in [2.75, 3.05) is 45.2 Å². The van der Waals surface area contributed by atoms with Gasteiger partial charge in [-0.15, -0.1) is 0 Å². The van der Waals surface area contributed by atoms with Crippen LogP contribution in [0.2, 0.25) is 0 Å². The highest BCUT2D eigenvalue weighted by molar-refractivity contribution is 9.09. The van der Waals surface area contributed by atoms with Gasteiger partial charge in [0.1, 0.15) is 5.75 Å². The van der Waals surface area contributed by atoms with Crippen LogP contribution < -0.4 is 4.74 Å². The number of alkyl halides is 1. The normalized spacial score (nSPS) is 17.9. The largest absolute Gasteiger partial charge is 0.497 e. The van der Waals surface area contributed by atoms with Gasteiger partial charge in [-0.05, 0) is 17.7 Å². The summed E-state index contributed by atoms with van der Waals surface area (Å²) in [6, 6.07) is 8.39. The second-order valence-corrected chi connectivity index (χ2v) is 5.45. The van der Waals surface area contributed by atoms with Crippen LogP contribution in [0.4, 0.5) is 0 Å². The number of halogens is 1. The molecule has 1 heterocycles. The summed E-state index contributed by atoms with van der Waals surface area (Å²) in [6.45, 7) is 6.91. The van der Waals surface area contributed by atoms with Crippen LogP contribution in [0.25, 0.3) is 0 Å². The minimum absolute atomic E-state index is 0.931. The number of methoxy groups -OCH3 is 1. The van der Waals surface area contributed by atoms with E-state index in [9.17, 15) is 0 Å². The highest BCUT2D eigenvalue weighted by atomic mass is 79.9. The molecule has 1 fully saturated rings. The fraction of sp³-hybridized carbons (Fsp3) is 0.571. The van der Waals surface area contributed by atoms with Gasteiger partial charge in [-0.25, -0.2) is 0 Å². The van der Waals surface area contributed by atoms with Gasteiger partial charge in [-0.1, -0.05) is 28.1 Å². The molecule has 1 saturated heterocycles. The van der Waals surface area contributed by atoms with Crippen molar-refractivity contribution in [2.45, 2.75) is 6.54 Å². The van der Waals surface area contributed by atoms with Crippen LogP contribution in [0.5, 0.6) is 5.75 Å². The van der Waals surface area contributed by atoms with E-state index in [4.69, 9.17) is 4.74 Å². The van der Waals surface area contributed by atoms with Crippen molar-refractivity contribution in [3.63, 3.8) is 0 Å². The zero-order valence-electron chi connectivity index (χ0n) is 10.9. The molecule has 0 spiro atoms. The Kier molecular flexibility index (Phi) is 5.47. The standard InChI is InChI=1S/C14H21BrN2O/c1-18-14-4-2-13(3-5-14)12-17-10-8-16(7-6-15)9-11-17/h2-5H,6-12H2,1H3. The Morgan fingerprint density at radius 2 is 1.67 bits per heavy atom. The lowest BCUT2D eigenvalue weighted by molar-refractivity contribution is 0.133. The summed E-state index contributed by atoms with van der Waals surface area (Å²) in [4.78, 5) is 5.03. The molecular weight excluding hydrogens is 292 g/mol. The number of nitrogens with zero attached hydrogens (tertiary/aromatic N) is 2. The maximum absolute atomic E-state index is 5.18. The third kappa shape index (κ3) is 3.97. The molecule has 0 atom stereocenters. The van der Waals surface area contributed by atoms with Gasteiger partial charge in [0.05, 0.1) is 7.11 Å². The van der Waals surface area contributed by atoms with Gasteiger partial charge in [-0.2, -0.15) is 0 Å². The summed E-state index contributed by atoms with van der Waals surface area (Å²) < 4.78 is 5.18. The number of benzene rings is 1. The van der Waals surface area contributed by atoms with Gasteiger partial charge in [0.25, 0.3) is 0 Å². The molecule has 0 aliphatic carbocycles. The third-order valence-electron chi connectivity index (χ3n) is 3.43. The van der Waals surface area contributed by atoms with E-state index in [1.54, 1.807) is 7.11 Å². The van der Waals surface area contributed by atoms with E-state index in [0.717, 1.165) is 24.2 Å². The van der Waals surface area contributed by atoms with Crippen molar-refractivity contribution in [2.24, 2.45) is 0 Å². The molecule has 0 saturated carbocycles. The summed E-state index contributed by atoms with van der Waals surface area (Å²) >= 11 is 3.50. The molecule has 100 valence electrons. The quantitative estimate of drug-likeness (QED) is 0.775. The Morgan fingerprint density at radius 3 is 2.22 bits per heavy atom. The highest BCUT2D eigenvalue weighted by Crippen LogP contribution is 2.14. The number of hydrogen-bond acceptors (Lipinski definition) is 3. The molecule has 0 aromatic heterocycles.